The van der Waals surface area contributed by atoms with Crippen LogP contribution in [0.5, 0.6) is 0 Å². The van der Waals surface area contributed by atoms with Gasteiger partial charge >= 0.3 is 0 Å². The smallest absolute Gasteiger partial charge is 0.265 e. The Bertz CT molecular complexity index is 1300. The molecule has 1 amide bonds. The summed E-state index contributed by atoms with van der Waals surface area (Å²) in [6.07, 6.45) is 1.61. The lowest BCUT2D eigenvalue weighted by Crippen LogP contribution is -2.30. The van der Waals surface area contributed by atoms with Gasteiger partial charge in [-0.05, 0) is 55.8 Å². The summed E-state index contributed by atoms with van der Waals surface area (Å²) in [5.41, 5.74) is 2.35. The molecule has 0 aliphatic carbocycles. The number of carbonyl (C=O) groups is 1. The molecule has 1 aromatic carbocycles. The first-order valence-electron chi connectivity index (χ1n) is 9.27. The maximum Gasteiger partial charge on any atom is 0.265 e. The van der Waals surface area contributed by atoms with Crippen molar-refractivity contribution in [1.82, 2.24) is 19.5 Å². The summed E-state index contributed by atoms with van der Waals surface area (Å²) in [6.45, 7) is 3.88. The van der Waals surface area contributed by atoms with Crippen molar-refractivity contribution in [1.29, 1.82) is 0 Å². The molecule has 30 heavy (non-hydrogen) atoms. The summed E-state index contributed by atoms with van der Waals surface area (Å²) in [4.78, 5) is 38.9. The lowest BCUT2D eigenvalue weighted by atomic mass is 10.1. The van der Waals surface area contributed by atoms with Crippen LogP contribution in [0, 0.1) is 13.8 Å². The first-order valence-corrected chi connectivity index (χ1v) is 9.65. The number of carbonyl (C=O) groups excluding carboxylic acids is 1. The Kier molecular flexibility index (Phi) is 5.29. The molecule has 150 valence electrons. The standard InChI is InChI=1S/C22H18ClN5O2/c1-13-10-14(2)26-22(25-13)27-20(29)18-11-16-4-3-9-24-19(16)28(21(18)30)12-15-5-7-17(23)8-6-15/h3-11H,12H2,1-2H3,(H,25,26,27,29). The molecule has 0 bridgehead atoms. The molecule has 3 aromatic heterocycles. The largest absolute Gasteiger partial charge is 0.290 e. The lowest BCUT2D eigenvalue weighted by molar-refractivity contribution is 0.102. The van der Waals surface area contributed by atoms with Crippen LogP contribution in [-0.4, -0.2) is 25.4 Å². The van der Waals surface area contributed by atoms with Gasteiger partial charge in [0.2, 0.25) is 5.95 Å². The maximum atomic E-state index is 13.2. The van der Waals surface area contributed by atoms with Gasteiger partial charge in [-0.25, -0.2) is 15.0 Å². The van der Waals surface area contributed by atoms with Crippen LogP contribution in [0.4, 0.5) is 5.95 Å². The van der Waals surface area contributed by atoms with E-state index in [-0.39, 0.29) is 18.1 Å². The van der Waals surface area contributed by atoms with Crippen LogP contribution >= 0.6 is 11.6 Å². The Morgan fingerprint density at radius 2 is 1.77 bits per heavy atom. The minimum atomic E-state index is -0.569. The fourth-order valence-electron chi connectivity index (χ4n) is 3.24. The van der Waals surface area contributed by atoms with Crippen LogP contribution in [-0.2, 0) is 6.54 Å². The van der Waals surface area contributed by atoms with E-state index >= 15 is 0 Å². The summed E-state index contributed by atoms with van der Waals surface area (Å²) < 4.78 is 1.48. The average molecular weight is 420 g/mol. The predicted molar refractivity (Wildman–Crippen MR) is 116 cm³/mol. The van der Waals surface area contributed by atoms with E-state index in [9.17, 15) is 9.59 Å². The van der Waals surface area contributed by atoms with Crippen molar-refractivity contribution in [3.8, 4) is 0 Å². The van der Waals surface area contributed by atoms with E-state index in [1.165, 1.54) is 4.57 Å². The third-order valence-corrected chi connectivity index (χ3v) is 4.81. The van der Waals surface area contributed by atoms with E-state index in [4.69, 9.17) is 11.6 Å². The van der Waals surface area contributed by atoms with Crippen molar-refractivity contribution < 1.29 is 4.79 Å². The zero-order valence-electron chi connectivity index (χ0n) is 16.4. The number of aromatic nitrogens is 4. The summed E-state index contributed by atoms with van der Waals surface area (Å²) in [6, 6.07) is 14.1. The fourth-order valence-corrected chi connectivity index (χ4v) is 3.36. The number of benzene rings is 1. The molecule has 4 rings (SSSR count). The normalized spacial score (nSPS) is 10.9. The first kappa shape index (κ1) is 19.7. The molecule has 0 saturated carbocycles. The molecule has 0 unspecified atom stereocenters. The molecule has 3 heterocycles. The van der Waals surface area contributed by atoms with Gasteiger partial charge in [-0.2, -0.15) is 0 Å². The Hall–Kier alpha value is -3.58. The summed E-state index contributed by atoms with van der Waals surface area (Å²) in [7, 11) is 0. The second-order valence-electron chi connectivity index (χ2n) is 6.92. The van der Waals surface area contributed by atoms with E-state index < -0.39 is 11.5 Å². The van der Waals surface area contributed by atoms with Crippen LogP contribution in [0.3, 0.4) is 0 Å². The second kappa shape index (κ2) is 8.04. The highest BCUT2D eigenvalue weighted by Crippen LogP contribution is 2.15. The van der Waals surface area contributed by atoms with Crippen molar-refractivity contribution >= 4 is 34.5 Å². The SMILES string of the molecule is Cc1cc(C)nc(NC(=O)c2cc3cccnc3n(Cc3ccc(Cl)cc3)c2=O)n1. The molecule has 1 N–H and O–H groups in total. The number of aryl methyl sites for hydroxylation is 2. The number of fused-ring (bicyclic) bond motifs is 1. The quantitative estimate of drug-likeness (QED) is 0.544. The third kappa shape index (κ3) is 4.06. The number of nitrogens with one attached hydrogen (secondary N) is 1. The van der Waals surface area contributed by atoms with E-state index in [1.807, 2.05) is 32.0 Å². The molecular weight excluding hydrogens is 402 g/mol. The molecule has 0 fully saturated rings. The van der Waals surface area contributed by atoms with Gasteiger partial charge in [0.25, 0.3) is 11.5 Å². The molecule has 0 spiro atoms. The number of rotatable bonds is 4. The van der Waals surface area contributed by atoms with E-state index in [0.29, 0.717) is 16.1 Å². The lowest BCUT2D eigenvalue weighted by Gasteiger charge is -2.12. The number of anilines is 1. The minimum Gasteiger partial charge on any atom is -0.290 e. The van der Waals surface area contributed by atoms with Gasteiger partial charge in [0.05, 0.1) is 6.54 Å². The highest BCUT2D eigenvalue weighted by atomic mass is 35.5. The molecule has 8 heteroatoms. The maximum absolute atomic E-state index is 13.2. The predicted octanol–water partition coefficient (Wildman–Crippen LogP) is 3.76. The van der Waals surface area contributed by atoms with Crippen LogP contribution < -0.4 is 10.9 Å². The van der Waals surface area contributed by atoms with Crippen molar-refractivity contribution in [2.75, 3.05) is 5.32 Å². The molecule has 0 aliphatic heterocycles. The van der Waals surface area contributed by atoms with Crippen LogP contribution in [0.25, 0.3) is 11.0 Å². The Balaban J connectivity index is 1.78. The highest BCUT2D eigenvalue weighted by molar-refractivity contribution is 6.30. The summed E-state index contributed by atoms with van der Waals surface area (Å²) in [5.74, 6) is -0.409. The van der Waals surface area contributed by atoms with Crippen LogP contribution in [0.1, 0.15) is 27.3 Å². The topological polar surface area (TPSA) is 89.8 Å². The van der Waals surface area contributed by atoms with Crippen molar-refractivity contribution in [3.05, 3.63) is 92.6 Å². The Morgan fingerprint density at radius 1 is 1.07 bits per heavy atom. The van der Waals surface area contributed by atoms with Crippen molar-refractivity contribution in [3.63, 3.8) is 0 Å². The van der Waals surface area contributed by atoms with Crippen LogP contribution in [0.2, 0.25) is 5.02 Å². The molecule has 4 aromatic rings. The number of amides is 1. The van der Waals surface area contributed by atoms with Gasteiger partial charge in [0, 0.05) is 28.0 Å². The van der Waals surface area contributed by atoms with Gasteiger partial charge in [-0.3, -0.25) is 19.5 Å². The Morgan fingerprint density at radius 3 is 2.47 bits per heavy atom. The monoisotopic (exact) mass is 419 g/mol. The van der Waals surface area contributed by atoms with Gasteiger partial charge < -0.3 is 0 Å². The average Bonchev–Trinajstić information content (AvgIpc) is 2.70. The fraction of sp³-hybridized carbons (Fsp3) is 0.136. The van der Waals surface area contributed by atoms with Crippen molar-refractivity contribution in [2.24, 2.45) is 0 Å². The number of pyridine rings is 2. The second-order valence-corrected chi connectivity index (χ2v) is 7.36. The van der Waals surface area contributed by atoms with Crippen molar-refractivity contribution in [2.45, 2.75) is 20.4 Å². The van der Waals surface area contributed by atoms with Gasteiger partial charge in [-0.15, -0.1) is 0 Å². The summed E-state index contributed by atoms with van der Waals surface area (Å²) >= 11 is 5.96. The molecule has 7 nitrogen and oxygen atoms in total. The molecule has 0 radical (unpaired) electrons. The number of hydrogen-bond acceptors (Lipinski definition) is 5. The first-order chi connectivity index (χ1) is 14.4. The summed E-state index contributed by atoms with van der Waals surface area (Å²) in [5, 5.41) is 3.92. The van der Waals surface area contributed by atoms with Gasteiger partial charge in [-0.1, -0.05) is 23.7 Å². The number of hydrogen-bond donors (Lipinski definition) is 1. The van der Waals surface area contributed by atoms with E-state index in [1.54, 1.807) is 36.5 Å². The molecule has 0 atom stereocenters. The Labute approximate surface area is 177 Å². The molecule has 0 aliphatic rings. The zero-order valence-corrected chi connectivity index (χ0v) is 17.1. The van der Waals surface area contributed by atoms with E-state index in [0.717, 1.165) is 17.0 Å². The highest BCUT2D eigenvalue weighted by Gasteiger charge is 2.18. The van der Waals surface area contributed by atoms with Gasteiger partial charge in [0.1, 0.15) is 11.2 Å². The minimum absolute atomic E-state index is 0.00720. The van der Waals surface area contributed by atoms with Crippen LogP contribution in [0.15, 0.2) is 59.5 Å². The third-order valence-electron chi connectivity index (χ3n) is 4.55. The van der Waals surface area contributed by atoms with Gasteiger partial charge in [0.15, 0.2) is 0 Å². The van der Waals surface area contributed by atoms with E-state index in [2.05, 4.69) is 20.3 Å². The molecular formula is C22H18ClN5O2. The number of nitrogens with zero attached hydrogens (tertiary/aromatic N) is 4. The number of halogens is 1. The zero-order chi connectivity index (χ0) is 21.3. The molecule has 0 saturated heterocycles.